The minimum absolute atomic E-state index is 0.209. The maximum atomic E-state index is 12.5. The Morgan fingerprint density at radius 2 is 1.96 bits per heavy atom. The van der Waals surface area contributed by atoms with E-state index >= 15 is 0 Å². The first-order valence-electron chi connectivity index (χ1n) is 7.82. The van der Waals surface area contributed by atoms with Crippen molar-refractivity contribution in [2.24, 2.45) is 13.0 Å². The van der Waals surface area contributed by atoms with Gasteiger partial charge in [0.1, 0.15) is 6.04 Å². The second-order valence-electron chi connectivity index (χ2n) is 6.14. The van der Waals surface area contributed by atoms with Gasteiger partial charge in [0.15, 0.2) is 5.82 Å². The number of hydrogen-bond donors (Lipinski definition) is 2. The molecule has 1 aromatic carbocycles. The molecule has 0 aliphatic heterocycles. The number of anilines is 1. The van der Waals surface area contributed by atoms with Gasteiger partial charge in [0.05, 0.1) is 10.6 Å². The Hall–Kier alpha value is -2.05. The average molecular weight is 383 g/mol. The summed E-state index contributed by atoms with van der Waals surface area (Å²) in [5.74, 6) is -0.116. The number of rotatable bonds is 6. The van der Waals surface area contributed by atoms with E-state index in [2.05, 4.69) is 15.7 Å². The summed E-state index contributed by atoms with van der Waals surface area (Å²) < 4.78 is 1.58. The third-order valence-corrected chi connectivity index (χ3v) is 4.02. The summed E-state index contributed by atoms with van der Waals surface area (Å²) in [6.07, 6.45) is 2.20. The van der Waals surface area contributed by atoms with Crippen LogP contribution in [0, 0.1) is 5.92 Å². The molecule has 1 aromatic heterocycles. The molecule has 2 N–H and O–H groups in total. The number of carbonyl (C=O) groups excluding carboxylic acids is 2. The third-order valence-electron chi connectivity index (χ3n) is 3.47. The molecule has 25 heavy (non-hydrogen) atoms. The molecule has 0 saturated carbocycles. The summed E-state index contributed by atoms with van der Waals surface area (Å²) in [4.78, 5) is 25.0. The fourth-order valence-corrected chi connectivity index (χ4v) is 2.80. The van der Waals surface area contributed by atoms with Crippen LogP contribution < -0.4 is 10.6 Å². The van der Waals surface area contributed by atoms with E-state index in [1.165, 1.54) is 12.1 Å². The predicted molar refractivity (Wildman–Crippen MR) is 99.0 cm³/mol. The molecule has 0 aliphatic rings. The number of benzene rings is 1. The molecule has 1 unspecified atom stereocenters. The molecule has 2 aromatic rings. The fraction of sp³-hybridized carbons (Fsp3) is 0.353. The van der Waals surface area contributed by atoms with Crippen molar-refractivity contribution in [3.63, 3.8) is 0 Å². The van der Waals surface area contributed by atoms with Crippen molar-refractivity contribution in [3.05, 3.63) is 46.1 Å². The van der Waals surface area contributed by atoms with Crippen LogP contribution in [0.5, 0.6) is 0 Å². The van der Waals surface area contributed by atoms with Crippen molar-refractivity contribution in [1.82, 2.24) is 15.1 Å². The van der Waals surface area contributed by atoms with E-state index in [1.54, 1.807) is 30.1 Å². The highest BCUT2D eigenvalue weighted by molar-refractivity contribution is 6.36. The summed E-state index contributed by atoms with van der Waals surface area (Å²) in [5, 5.41) is 10.2. The van der Waals surface area contributed by atoms with E-state index in [9.17, 15) is 9.59 Å². The van der Waals surface area contributed by atoms with Crippen LogP contribution >= 0.6 is 23.2 Å². The summed E-state index contributed by atoms with van der Waals surface area (Å²) in [7, 11) is 1.76. The molecule has 0 radical (unpaired) electrons. The molecule has 0 saturated heterocycles. The van der Waals surface area contributed by atoms with Gasteiger partial charge in [-0.15, -0.1) is 0 Å². The molecule has 0 bridgehead atoms. The standard InChI is InChI=1S/C17H20Cl2N4O2/c1-10(2)8-14(17(25)21-15-6-7-23(3)22-15)20-16(24)12-5-4-11(18)9-13(12)19/h4-7,9-10,14H,8H2,1-3H3,(H,20,24)(H,21,22,25). The molecular weight excluding hydrogens is 363 g/mol. The number of amides is 2. The fourth-order valence-electron chi connectivity index (χ4n) is 2.31. The highest BCUT2D eigenvalue weighted by Crippen LogP contribution is 2.21. The first kappa shape index (κ1) is 19.3. The van der Waals surface area contributed by atoms with Crippen LogP contribution in [0.3, 0.4) is 0 Å². The number of nitrogens with zero attached hydrogens (tertiary/aromatic N) is 2. The zero-order valence-electron chi connectivity index (χ0n) is 14.2. The molecule has 0 fully saturated rings. The molecule has 134 valence electrons. The van der Waals surface area contributed by atoms with Crippen LogP contribution in [0.1, 0.15) is 30.6 Å². The number of carbonyl (C=O) groups is 2. The number of aryl methyl sites for hydroxylation is 1. The number of halogens is 2. The van der Waals surface area contributed by atoms with E-state index in [0.717, 1.165) is 0 Å². The highest BCUT2D eigenvalue weighted by Gasteiger charge is 2.24. The normalized spacial score (nSPS) is 12.1. The zero-order chi connectivity index (χ0) is 18.6. The lowest BCUT2D eigenvalue weighted by Gasteiger charge is -2.20. The summed E-state index contributed by atoms with van der Waals surface area (Å²) in [5.41, 5.74) is 0.269. The van der Waals surface area contributed by atoms with Crippen molar-refractivity contribution >= 4 is 40.8 Å². The maximum absolute atomic E-state index is 12.5. The number of aromatic nitrogens is 2. The molecule has 1 heterocycles. The van der Waals surface area contributed by atoms with Crippen molar-refractivity contribution in [2.75, 3.05) is 5.32 Å². The first-order chi connectivity index (χ1) is 11.8. The van der Waals surface area contributed by atoms with Gasteiger partial charge in [-0.25, -0.2) is 0 Å². The van der Waals surface area contributed by atoms with Crippen molar-refractivity contribution in [2.45, 2.75) is 26.3 Å². The molecule has 0 spiro atoms. The van der Waals surface area contributed by atoms with E-state index in [-0.39, 0.29) is 22.4 Å². The molecular formula is C17H20Cl2N4O2. The van der Waals surface area contributed by atoms with E-state index in [1.807, 2.05) is 13.8 Å². The van der Waals surface area contributed by atoms with Crippen molar-refractivity contribution in [3.8, 4) is 0 Å². The zero-order valence-corrected chi connectivity index (χ0v) is 15.7. The van der Waals surface area contributed by atoms with Gasteiger partial charge in [0.25, 0.3) is 5.91 Å². The van der Waals surface area contributed by atoms with Gasteiger partial charge < -0.3 is 10.6 Å². The maximum Gasteiger partial charge on any atom is 0.253 e. The third kappa shape index (κ3) is 5.47. The Morgan fingerprint density at radius 1 is 1.24 bits per heavy atom. The van der Waals surface area contributed by atoms with Crippen LogP contribution in [0.2, 0.25) is 10.0 Å². The summed E-state index contributed by atoms with van der Waals surface area (Å²) in [6, 6.07) is 5.57. The SMILES string of the molecule is CC(C)CC(NC(=O)c1ccc(Cl)cc1Cl)C(=O)Nc1ccn(C)n1. The second kappa shape index (κ2) is 8.36. The Kier molecular flexibility index (Phi) is 6.45. The van der Waals surface area contributed by atoms with E-state index in [0.29, 0.717) is 17.3 Å². The number of hydrogen-bond acceptors (Lipinski definition) is 3. The van der Waals surface area contributed by atoms with Crippen LogP contribution in [0.15, 0.2) is 30.5 Å². The second-order valence-corrected chi connectivity index (χ2v) is 6.99. The number of nitrogens with one attached hydrogen (secondary N) is 2. The average Bonchev–Trinajstić information content (AvgIpc) is 2.91. The van der Waals surface area contributed by atoms with E-state index < -0.39 is 11.9 Å². The molecule has 1 atom stereocenters. The molecule has 8 heteroatoms. The van der Waals surface area contributed by atoms with Gasteiger partial charge in [0.2, 0.25) is 5.91 Å². The topological polar surface area (TPSA) is 76.0 Å². The molecule has 0 aliphatic carbocycles. The Morgan fingerprint density at radius 3 is 2.52 bits per heavy atom. The molecule has 2 rings (SSSR count). The monoisotopic (exact) mass is 382 g/mol. The minimum atomic E-state index is -0.707. The smallest absolute Gasteiger partial charge is 0.253 e. The van der Waals surface area contributed by atoms with Crippen LogP contribution in [0.4, 0.5) is 5.82 Å². The van der Waals surface area contributed by atoms with Gasteiger partial charge in [0, 0.05) is 24.3 Å². The molecule has 6 nitrogen and oxygen atoms in total. The predicted octanol–water partition coefficient (Wildman–Crippen LogP) is 3.51. The van der Waals surface area contributed by atoms with Gasteiger partial charge in [-0.3, -0.25) is 14.3 Å². The van der Waals surface area contributed by atoms with Crippen LogP contribution in [-0.4, -0.2) is 27.6 Å². The van der Waals surface area contributed by atoms with Crippen LogP contribution in [0.25, 0.3) is 0 Å². The largest absolute Gasteiger partial charge is 0.340 e. The van der Waals surface area contributed by atoms with Crippen molar-refractivity contribution < 1.29 is 9.59 Å². The first-order valence-corrected chi connectivity index (χ1v) is 8.58. The Labute approximate surface area is 156 Å². The quantitative estimate of drug-likeness (QED) is 0.802. The molecule has 2 amide bonds. The van der Waals surface area contributed by atoms with Crippen molar-refractivity contribution in [1.29, 1.82) is 0 Å². The van der Waals surface area contributed by atoms with Gasteiger partial charge in [-0.05, 0) is 30.5 Å². The van der Waals surface area contributed by atoms with Gasteiger partial charge >= 0.3 is 0 Å². The highest BCUT2D eigenvalue weighted by atomic mass is 35.5. The summed E-state index contributed by atoms with van der Waals surface area (Å²) in [6.45, 7) is 3.95. The van der Waals surface area contributed by atoms with Gasteiger partial charge in [-0.1, -0.05) is 37.0 Å². The van der Waals surface area contributed by atoms with Crippen LogP contribution in [-0.2, 0) is 11.8 Å². The Bertz CT molecular complexity index is 774. The van der Waals surface area contributed by atoms with Gasteiger partial charge in [-0.2, -0.15) is 5.10 Å². The summed E-state index contributed by atoms with van der Waals surface area (Å²) >= 11 is 11.9. The van der Waals surface area contributed by atoms with E-state index in [4.69, 9.17) is 23.2 Å². The lowest BCUT2D eigenvalue weighted by atomic mass is 10.0. The lowest BCUT2D eigenvalue weighted by molar-refractivity contribution is -0.118. The minimum Gasteiger partial charge on any atom is -0.340 e. The lowest BCUT2D eigenvalue weighted by Crippen LogP contribution is -2.44. The Balaban J connectivity index is 2.13.